The summed E-state index contributed by atoms with van der Waals surface area (Å²) in [6.45, 7) is 1.99. The summed E-state index contributed by atoms with van der Waals surface area (Å²) >= 11 is 12.0. The van der Waals surface area contributed by atoms with Gasteiger partial charge in [0, 0.05) is 12.6 Å². The van der Waals surface area contributed by atoms with Crippen LogP contribution in [0, 0.1) is 6.92 Å². The molecule has 1 aliphatic carbocycles. The summed E-state index contributed by atoms with van der Waals surface area (Å²) in [5.41, 5.74) is 1.55. The summed E-state index contributed by atoms with van der Waals surface area (Å²) in [5.74, 6) is -1.27. The van der Waals surface area contributed by atoms with Gasteiger partial charge in [0.2, 0.25) is 0 Å². The Morgan fingerprint density at radius 1 is 1.20 bits per heavy atom. The van der Waals surface area contributed by atoms with Crippen LogP contribution < -0.4 is 0 Å². The molecule has 130 valence electrons. The molecule has 1 aromatic heterocycles. The number of carboxylic acids is 1. The van der Waals surface area contributed by atoms with E-state index in [-0.39, 0.29) is 23.2 Å². The first-order valence-electron chi connectivity index (χ1n) is 7.82. The molecule has 0 saturated heterocycles. The number of aromatic nitrogens is 1. The second kappa shape index (κ2) is 7.02. The number of amides is 1. The first kappa shape index (κ1) is 17.7. The minimum atomic E-state index is -1.06. The van der Waals surface area contributed by atoms with E-state index in [4.69, 9.17) is 28.3 Å². The zero-order chi connectivity index (χ0) is 18.1. The Hall–Kier alpha value is -2.11. The molecule has 1 N–H and O–H groups in total. The smallest absolute Gasteiger partial charge is 0.337 e. The minimum Gasteiger partial charge on any atom is -0.478 e. The van der Waals surface area contributed by atoms with E-state index >= 15 is 0 Å². The highest BCUT2D eigenvalue weighted by atomic mass is 35.5. The van der Waals surface area contributed by atoms with Crippen LogP contribution in [0.2, 0.25) is 10.0 Å². The predicted molar refractivity (Wildman–Crippen MR) is 95.3 cm³/mol. The van der Waals surface area contributed by atoms with Crippen molar-refractivity contribution in [3.8, 4) is 0 Å². The molecule has 5 nitrogen and oxygen atoms in total. The van der Waals surface area contributed by atoms with Gasteiger partial charge in [-0.25, -0.2) is 9.78 Å². The third-order valence-electron chi connectivity index (χ3n) is 4.12. The van der Waals surface area contributed by atoms with Crippen molar-refractivity contribution < 1.29 is 14.7 Å². The minimum absolute atomic E-state index is 0.0963. The summed E-state index contributed by atoms with van der Waals surface area (Å²) in [5, 5.41) is 10.0. The molecule has 0 unspecified atom stereocenters. The van der Waals surface area contributed by atoms with Gasteiger partial charge in [0.15, 0.2) is 0 Å². The number of aryl methyl sites for hydroxylation is 1. The second-order valence-electron chi connectivity index (χ2n) is 6.05. The van der Waals surface area contributed by atoms with Crippen molar-refractivity contribution in [3.63, 3.8) is 0 Å². The van der Waals surface area contributed by atoms with E-state index in [0.29, 0.717) is 22.3 Å². The summed E-state index contributed by atoms with van der Waals surface area (Å²) in [4.78, 5) is 29.9. The highest BCUT2D eigenvalue weighted by molar-refractivity contribution is 6.42. The van der Waals surface area contributed by atoms with Crippen LogP contribution in [0.4, 0.5) is 0 Å². The monoisotopic (exact) mass is 378 g/mol. The van der Waals surface area contributed by atoms with E-state index in [2.05, 4.69) is 4.98 Å². The van der Waals surface area contributed by atoms with Crippen molar-refractivity contribution in [2.24, 2.45) is 0 Å². The van der Waals surface area contributed by atoms with Crippen molar-refractivity contribution in [1.82, 2.24) is 9.88 Å². The van der Waals surface area contributed by atoms with E-state index in [0.717, 1.165) is 18.4 Å². The van der Waals surface area contributed by atoms with Gasteiger partial charge in [-0.1, -0.05) is 29.3 Å². The van der Waals surface area contributed by atoms with Gasteiger partial charge in [0.05, 0.1) is 21.3 Å². The lowest BCUT2D eigenvalue weighted by Crippen LogP contribution is -2.33. The molecule has 1 amide bonds. The fourth-order valence-corrected chi connectivity index (χ4v) is 2.96. The molecule has 25 heavy (non-hydrogen) atoms. The number of carbonyl (C=O) groups is 2. The number of aromatic carboxylic acids is 1. The van der Waals surface area contributed by atoms with Crippen LogP contribution in [0.5, 0.6) is 0 Å². The fourth-order valence-electron chi connectivity index (χ4n) is 2.64. The maximum Gasteiger partial charge on any atom is 0.337 e. The molecule has 7 heteroatoms. The standard InChI is InChI=1S/C18H16Cl2N2O3/c1-10-13(18(24)25)5-7-16(21-10)17(23)22(12-3-4-12)9-11-2-6-14(19)15(20)8-11/h2,5-8,12H,3-4,9H2,1H3,(H,24,25). The molecule has 0 bridgehead atoms. The lowest BCUT2D eigenvalue weighted by atomic mass is 10.1. The van der Waals surface area contributed by atoms with Crippen LogP contribution in [0.15, 0.2) is 30.3 Å². The average molecular weight is 379 g/mol. The molecule has 0 spiro atoms. The van der Waals surface area contributed by atoms with Gasteiger partial charge in [0.25, 0.3) is 5.91 Å². The van der Waals surface area contributed by atoms with Gasteiger partial charge in [0.1, 0.15) is 5.69 Å². The number of hydrogen-bond acceptors (Lipinski definition) is 3. The largest absolute Gasteiger partial charge is 0.478 e. The van der Waals surface area contributed by atoms with Crippen molar-refractivity contribution in [2.45, 2.75) is 32.4 Å². The van der Waals surface area contributed by atoms with E-state index < -0.39 is 5.97 Å². The molecule has 1 heterocycles. The van der Waals surface area contributed by atoms with E-state index in [1.807, 2.05) is 6.07 Å². The van der Waals surface area contributed by atoms with Gasteiger partial charge >= 0.3 is 5.97 Å². The zero-order valence-corrected chi connectivity index (χ0v) is 15.0. The normalized spacial score (nSPS) is 13.6. The molecule has 0 aliphatic heterocycles. The Morgan fingerprint density at radius 2 is 1.92 bits per heavy atom. The van der Waals surface area contributed by atoms with Crippen molar-refractivity contribution in [1.29, 1.82) is 0 Å². The van der Waals surface area contributed by atoms with E-state index in [1.165, 1.54) is 12.1 Å². The first-order valence-corrected chi connectivity index (χ1v) is 8.58. The lowest BCUT2D eigenvalue weighted by Gasteiger charge is -2.22. The fraction of sp³-hybridized carbons (Fsp3) is 0.278. The predicted octanol–water partition coefficient (Wildman–Crippen LogP) is 4.20. The van der Waals surface area contributed by atoms with Crippen LogP contribution in [0.25, 0.3) is 0 Å². The summed E-state index contributed by atoms with van der Waals surface area (Å²) in [7, 11) is 0. The van der Waals surface area contributed by atoms with Crippen LogP contribution >= 0.6 is 23.2 Å². The topological polar surface area (TPSA) is 70.5 Å². The summed E-state index contributed by atoms with van der Waals surface area (Å²) < 4.78 is 0. The van der Waals surface area contributed by atoms with Crippen molar-refractivity contribution in [2.75, 3.05) is 0 Å². The molecule has 1 fully saturated rings. The molecular formula is C18H16Cl2N2O3. The maximum atomic E-state index is 12.9. The Kier molecular flexibility index (Phi) is 4.97. The van der Waals surface area contributed by atoms with Gasteiger partial charge in [-0.3, -0.25) is 4.79 Å². The van der Waals surface area contributed by atoms with Crippen molar-refractivity contribution >= 4 is 35.1 Å². The van der Waals surface area contributed by atoms with E-state index in [1.54, 1.807) is 24.0 Å². The SMILES string of the molecule is Cc1nc(C(=O)N(Cc2ccc(Cl)c(Cl)c2)C2CC2)ccc1C(=O)O. The molecule has 0 radical (unpaired) electrons. The maximum absolute atomic E-state index is 12.9. The molecule has 1 aliphatic rings. The zero-order valence-electron chi connectivity index (χ0n) is 13.5. The number of benzene rings is 1. The summed E-state index contributed by atoms with van der Waals surface area (Å²) in [6, 6.07) is 8.34. The molecular weight excluding hydrogens is 363 g/mol. The van der Waals surface area contributed by atoms with E-state index in [9.17, 15) is 9.59 Å². The molecule has 3 rings (SSSR count). The molecule has 1 aromatic carbocycles. The second-order valence-corrected chi connectivity index (χ2v) is 6.86. The van der Waals surface area contributed by atoms with Gasteiger partial charge in [-0.2, -0.15) is 0 Å². The Labute approximate surface area is 155 Å². The molecule has 0 atom stereocenters. The Morgan fingerprint density at radius 3 is 2.48 bits per heavy atom. The Balaban J connectivity index is 1.85. The van der Waals surface area contributed by atoms with Crippen LogP contribution in [0.1, 0.15) is 44.9 Å². The quantitative estimate of drug-likeness (QED) is 0.845. The van der Waals surface area contributed by atoms with Gasteiger partial charge < -0.3 is 10.0 Å². The number of carbonyl (C=O) groups excluding carboxylic acids is 1. The van der Waals surface area contributed by atoms with Gasteiger partial charge in [-0.15, -0.1) is 0 Å². The number of nitrogens with zero attached hydrogens (tertiary/aromatic N) is 2. The number of halogens is 2. The van der Waals surface area contributed by atoms with Crippen LogP contribution in [0.3, 0.4) is 0 Å². The number of carboxylic acid groups (broad SMARTS) is 1. The molecule has 1 saturated carbocycles. The third kappa shape index (κ3) is 3.94. The van der Waals surface area contributed by atoms with Crippen LogP contribution in [-0.4, -0.2) is 32.9 Å². The van der Waals surface area contributed by atoms with Crippen molar-refractivity contribution in [3.05, 3.63) is 62.9 Å². The highest BCUT2D eigenvalue weighted by Gasteiger charge is 2.34. The van der Waals surface area contributed by atoms with Gasteiger partial charge in [-0.05, 0) is 49.6 Å². The number of rotatable bonds is 5. The lowest BCUT2D eigenvalue weighted by molar-refractivity contribution is 0.0688. The Bertz CT molecular complexity index is 850. The number of hydrogen-bond donors (Lipinski definition) is 1. The average Bonchev–Trinajstić information content (AvgIpc) is 3.39. The molecule has 2 aromatic rings. The third-order valence-corrected chi connectivity index (χ3v) is 4.86. The first-order chi connectivity index (χ1) is 11.9. The highest BCUT2D eigenvalue weighted by Crippen LogP contribution is 2.31. The summed E-state index contributed by atoms with van der Waals surface area (Å²) in [6.07, 6.45) is 1.89. The number of pyridine rings is 1. The van der Waals surface area contributed by atoms with Crippen LogP contribution in [-0.2, 0) is 6.54 Å².